The molecule has 1 saturated carbocycles. The van der Waals surface area contributed by atoms with Crippen molar-refractivity contribution in [2.45, 2.75) is 65.0 Å². The number of nitrogens with one attached hydrogen (secondary N) is 1. The second-order valence-corrected chi connectivity index (χ2v) is 7.83. The van der Waals surface area contributed by atoms with Crippen LogP contribution < -0.4 is 14.8 Å². The van der Waals surface area contributed by atoms with E-state index in [1.165, 1.54) is 44.1 Å². The van der Waals surface area contributed by atoms with Crippen molar-refractivity contribution < 1.29 is 9.47 Å². The smallest absolute Gasteiger partial charge is 0.120 e. The Bertz CT molecular complexity index is 675. The third-order valence-electron chi connectivity index (χ3n) is 5.14. The third-order valence-corrected chi connectivity index (χ3v) is 5.14. The highest BCUT2D eigenvalue weighted by Crippen LogP contribution is 2.26. The van der Waals surface area contributed by atoms with Crippen LogP contribution in [0.4, 0.5) is 5.69 Å². The second-order valence-electron chi connectivity index (χ2n) is 7.83. The van der Waals surface area contributed by atoms with Crippen LogP contribution in [-0.4, -0.2) is 12.7 Å². The first-order chi connectivity index (χ1) is 13.2. The van der Waals surface area contributed by atoms with Crippen molar-refractivity contribution in [1.82, 2.24) is 0 Å². The average molecular weight is 368 g/mol. The molecular weight excluding hydrogens is 334 g/mol. The molecule has 0 spiro atoms. The standard InChI is InChI=1S/C24H33NO2/c1-19(2)27-24-10-6-9-21(17-24)18-25-22-11-13-23(14-12-22)26-16-15-20-7-4-3-5-8-20/h6,9-14,17,19-20,25H,3-5,7-8,15-16,18H2,1-2H3. The van der Waals surface area contributed by atoms with Gasteiger partial charge in [-0.15, -0.1) is 0 Å². The van der Waals surface area contributed by atoms with E-state index >= 15 is 0 Å². The fourth-order valence-corrected chi connectivity index (χ4v) is 3.69. The van der Waals surface area contributed by atoms with Crippen LogP contribution in [-0.2, 0) is 6.54 Å². The van der Waals surface area contributed by atoms with E-state index in [-0.39, 0.29) is 6.10 Å². The second kappa shape index (κ2) is 10.2. The Morgan fingerprint density at radius 3 is 2.48 bits per heavy atom. The molecule has 3 rings (SSSR count). The van der Waals surface area contributed by atoms with E-state index in [1.54, 1.807) is 0 Å². The van der Waals surface area contributed by atoms with Gasteiger partial charge in [-0.1, -0.05) is 44.2 Å². The number of rotatable bonds is 9. The summed E-state index contributed by atoms with van der Waals surface area (Å²) in [6, 6.07) is 16.5. The van der Waals surface area contributed by atoms with Crippen molar-refractivity contribution in [1.29, 1.82) is 0 Å². The van der Waals surface area contributed by atoms with E-state index < -0.39 is 0 Å². The largest absolute Gasteiger partial charge is 0.494 e. The highest BCUT2D eigenvalue weighted by Gasteiger charge is 2.13. The van der Waals surface area contributed by atoms with Gasteiger partial charge in [-0.2, -0.15) is 0 Å². The minimum Gasteiger partial charge on any atom is -0.494 e. The summed E-state index contributed by atoms with van der Waals surface area (Å²) < 4.78 is 11.7. The van der Waals surface area contributed by atoms with E-state index in [0.29, 0.717) is 0 Å². The average Bonchev–Trinajstić information content (AvgIpc) is 2.68. The van der Waals surface area contributed by atoms with Crippen molar-refractivity contribution in [2.75, 3.05) is 11.9 Å². The van der Waals surface area contributed by atoms with Crippen LogP contribution in [0.1, 0.15) is 57.9 Å². The van der Waals surface area contributed by atoms with Crippen LogP contribution in [0.15, 0.2) is 48.5 Å². The van der Waals surface area contributed by atoms with Gasteiger partial charge in [-0.05, 0) is 68.1 Å². The highest BCUT2D eigenvalue weighted by atomic mass is 16.5. The van der Waals surface area contributed by atoms with Crippen LogP contribution in [0.3, 0.4) is 0 Å². The molecule has 0 amide bonds. The lowest BCUT2D eigenvalue weighted by Gasteiger charge is -2.21. The van der Waals surface area contributed by atoms with Gasteiger partial charge in [-0.25, -0.2) is 0 Å². The minimum absolute atomic E-state index is 0.193. The summed E-state index contributed by atoms with van der Waals surface area (Å²) in [4.78, 5) is 0. The van der Waals surface area contributed by atoms with Crippen molar-refractivity contribution in [3.8, 4) is 11.5 Å². The molecule has 0 radical (unpaired) electrons. The van der Waals surface area contributed by atoms with E-state index in [0.717, 1.165) is 36.3 Å². The SMILES string of the molecule is CC(C)Oc1cccc(CNc2ccc(OCCC3CCCCC3)cc2)c1. The molecule has 0 saturated heterocycles. The van der Waals surface area contributed by atoms with Gasteiger partial charge in [0.2, 0.25) is 0 Å². The molecule has 0 atom stereocenters. The Labute approximate surface area is 164 Å². The zero-order valence-electron chi connectivity index (χ0n) is 16.7. The van der Waals surface area contributed by atoms with Gasteiger partial charge in [0.05, 0.1) is 12.7 Å². The maximum absolute atomic E-state index is 5.93. The Hall–Kier alpha value is -2.16. The first-order valence-corrected chi connectivity index (χ1v) is 10.4. The lowest BCUT2D eigenvalue weighted by Crippen LogP contribution is -2.10. The molecule has 1 aliphatic rings. The van der Waals surface area contributed by atoms with Gasteiger partial charge < -0.3 is 14.8 Å². The molecule has 2 aromatic rings. The molecule has 1 N–H and O–H groups in total. The molecule has 146 valence electrons. The summed E-state index contributed by atoms with van der Waals surface area (Å²) in [5.74, 6) is 2.75. The first-order valence-electron chi connectivity index (χ1n) is 10.4. The summed E-state index contributed by atoms with van der Waals surface area (Å²) in [5.41, 5.74) is 2.31. The number of benzene rings is 2. The van der Waals surface area contributed by atoms with Crippen molar-refractivity contribution in [3.63, 3.8) is 0 Å². The highest BCUT2D eigenvalue weighted by molar-refractivity contribution is 5.47. The molecule has 0 heterocycles. The Balaban J connectivity index is 1.42. The normalized spacial score (nSPS) is 14.9. The molecule has 3 nitrogen and oxygen atoms in total. The monoisotopic (exact) mass is 367 g/mol. The van der Waals surface area contributed by atoms with E-state index in [2.05, 4.69) is 41.7 Å². The van der Waals surface area contributed by atoms with Gasteiger partial charge in [0.15, 0.2) is 0 Å². The van der Waals surface area contributed by atoms with Crippen LogP contribution in [0.25, 0.3) is 0 Å². The van der Waals surface area contributed by atoms with Gasteiger partial charge in [-0.3, -0.25) is 0 Å². The third kappa shape index (κ3) is 6.82. The van der Waals surface area contributed by atoms with Gasteiger partial charge in [0, 0.05) is 12.2 Å². The van der Waals surface area contributed by atoms with Crippen molar-refractivity contribution >= 4 is 5.69 Å². The van der Waals surface area contributed by atoms with Gasteiger partial charge in [0.25, 0.3) is 0 Å². The topological polar surface area (TPSA) is 30.5 Å². The maximum atomic E-state index is 5.93. The van der Waals surface area contributed by atoms with Crippen molar-refractivity contribution in [2.24, 2.45) is 5.92 Å². The van der Waals surface area contributed by atoms with Crippen LogP contribution >= 0.6 is 0 Å². The Morgan fingerprint density at radius 1 is 0.963 bits per heavy atom. The first kappa shape index (κ1) is 19.6. The fraction of sp³-hybridized carbons (Fsp3) is 0.500. The van der Waals surface area contributed by atoms with Crippen LogP contribution in [0.2, 0.25) is 0 Å². The number of hydrogen-bond donors (Lipinski definition) is 1. The zero-order valence-corrected chi connectivity index (χ0v) is 16.7. The number of hydrogen-bond acceptors (Lipinski definition) is 3. The predicted octanol–water partition coefficient (Wildman–Crippen LogP) is 6.44. The summed E-state index contributed by atoms with van der Waals surface area (Å²) in [6.07, 6.45) is 8.37. The molecule has 0 unspecified atom stereocenters. The van der Waals surface area contributed by atoms with E-state index in [9.17, 15) is 0 Å². The fourth-order valence-electron chi connectivity index (χ4n) is 3.69. The van der Waals surface area contributed by atoms with E-state index in [4.69, 9.17) is 9.47 Å². The Kier molecular flexibility index (Phi) is 7.44. The molecule has 27 heavy (non-hydrogen) atoms. The molecule has 2 aromatic carbocycles. The minimum atomic E-state index is 0.193. The number of ether oxygens (including phenoxy) is 2. The van der Waals surface area contributed by atoms with E-state index in [1.807, 2.05) is 26.0 Å². The molecular formula is C24H33NO2. The zero-order chi connectivity index (χ0) is 18.9. The lowest BCUT2D eigenvalue weighted by molar-refractivity contribution is 0.242. The molecule has 1 fully saturated rings. The van der Waals surface area contributed by atoms with Gasteiger partial charge in [0.1, 0.15) is 11.5 Å². The van der Waals surface area contributed by atoms with Crippen LogP contribution in [0, 0.1) is 5.92 Å². The maximum Gasteiger partial charge on any atom is 0.120 e. The molecule has 1 aliphatic carbocycles. The predicted molar refractivity (Wildman–Crippen MR) is 113 cm³/mol. The summed E-state index contributed by atoms with van der Waals surface area (Å²) in [6.45, 7) is 5.70. The Morgan fingerprint density at radius 2 is 1.74 bits per heavy atom. The lowest BCUT2D eigenvalue weighted by atomic mass is 9.87. The molecule has 3 heteroatoms. The van der Waals surface area contributed by atoms with Crippen molar-refractivity contribution in [3.05, 3.63) is 54.1 Å². The quantitative estimate of drug-likeness (QED) is 0.553. The summed E-state index contributed by atoms with van der Waals surface area (Å²) in [5, 5.41) is 3.47. The molecule has 0 bridgehead atoms. The summed E-state index contributed by atoms with van der Waals surface area (Å²) >= 11 is 0. The van der Waals surface area contributed by atoms with Gasteiger partial charge >= 0.3 is 0 Å². The molecule has 0 aliphatic heterocycles. The van der Waals surface area contributed by atoms with Crippen LogP contribution in [0.5, 0.6) is 11.5 Å². The summed E-state index contributed by atoms with van der Waals surface area (Å²) in [7, 11) is 0. The molecule has 0 aromatic heterocycles. The number of anilines is 1.